The van der Waals surface area contributed by atoms with E-state index in [0.29, 0.717) is 22.1 Å². The van der Waals surface area contributed by atoms with Gasteiger partial charge in [0.1, 0.15) is 17.7 Å². The van der Waals surface area contributed by atoms with Crippen LogP contribution in [0.15, 0.2) is 41.6 Å². The Bertz CT molecular complexity index is 1410. The number of hydrogen-bond donors (Lipinski definition) is 3. The molecule has 11 heteroatoms. The molecule has 174 valence electrons. The molecule has 34 heavy (non-hydrogen) atoms. The first-order valence-electron chi connectivity index (χ1n) is 11.0. The highest BCUT2D eigenvalue weighted by Crippen LogP contribution is 2.33. The highest BCUT2D eigenvalue weighted by atomic mass is 16.4. The van der Waals surface area contributed by atoms with Crippen LogP contribution in [0.1, 0.15) is 47.8 Å². The summed E-state index contributed by atoms with van der Waals surface area (Å²) in [5.41, 5.74) is 8.97. The minimum Gasteiger partial charge on any atom is -0.423 e. The second kappa shape index (κ2) is 8.58. The van der Waals surface area contributed by atoms with Crippen LogP contribution in [0.3, 0.4) is 0 Å². The lowest BCUT2D eigenvalue weighted by Crippen LogP contribution is -2.37. The average Bonchev–Trinajstić information content (AvgIpc) is 3.41. The van der Waals surface area contributed by atoms with E-state index in [2.05, 4.69) is 37.3 Å². The summed E-state index contributed by atoms with van der Waals surface area (Å²) >= 11 is 0. The van der Waals surface area contributed by atoms with Crippen molar-refractivity contribution < 1.29 is 14.0 Å². The van der Waals surface area contributed by atoms with Crippen molar-refractivity contribution in [3.8, 4) is 0 Å². The largest absolute Gasteiger partial charge is 0.423 e. The molecule has 4 aromatic rings. The number of nitrogens with zero attached hydrogens (tertiary/aromatic N) is 5. The van der Waals surface area contributed by atoms with Gasteiger partial charge in [0.25, 0.3) is 5.91 Å². The summed E-state index contributed by atoms with van der Waals surface area (Å²) in [5.74, 6) is -0.524. The monoisotopic (exact) mass is 460 g/mol. The minimum atomic E-state index is -0.513. The standard InChI is InChI=1S/C23H24N8O3/c1-3-17(32)27-13-5-7-14(8-6-13)31-21-18(20(24)25-11-26-21)19(30-31)22(33)29-23-28-15-10-12(2)4-9-16(15)34-23/h3-4,9-11,13-14H,1,5-8H2,2H3,(H,27,32)(H2,24,25,26)(H,28,29,33). The van der Waals surface area contributed by atoms with Crippen molar-refractivity contribution in [1.29, 1.82) is 0 Å². The Kier molecular flexibility index (Phi) is 5.44. The summed E-state index contributed by atoms with van der Waals surface area (Å²) in [7, 11) is 0. The zero-order valence-corrected chi connectivity index (χ0v) is 18.6. The van der Waals surface area contributed by atoms with Crippen LogP contribution in [0, 0.1) is 6.92 Å². The second-order valence-electron chi connectivity index (χ2n) is 8.41. The molecule has 0 radical (unpaired) electrons. The van der Waals surface area contributed by atoms with Crippen molar-refractivity contribution in [2.45, 2.75) is 44.7 Å². The van der Waals surface area contributed by atoms with Gasteiger partial charge in [-0.2, -0.15) is 10.1 Å². The highest BCUT2D eigenvalue weighted by Gasteiger charge is 2.29. The van der Waals surface area contributed by atoms with Crippen LogP contribution in [0.25, 0.3) is 22.1 Å². The molecule has 0 bridgehead atoms. The van der Waals surface area contributed by atoms with E-state index in [9.17, 15) is 9.59 Å². The van der Waals surface area contributed by atoms with Crippen LogP contribution in [0.5, 0.6) is 0 Å². The SMILES string of the molecule is C=CC(=O)NC1CCC(n2nc(C(=O)Nc3nc4cc(C)ccc4o3)c3c(N)ncnc32)CC1. The molecule has 1 fully saturated rings. The molecule has 11 nitrogen and oxygen atoms in total. The van der Waals surface area contributed by atoms with Gasteiger partial charge in [0.2, 0.25) is 5.91 Å². The summed E-state index contributed by atoms with van der Waals surface area (Å²) < 4.78 is 7.39. The number of nitrogen functional groups attached to an aromatic ring is 1. The molecular weight excluding hydrogens is 436 g/mol. The predicted octanol–water partition coefficient (Wildman–Crippen LogP) is 2.90. The Hall–Kier alpha value is -4.28. The maximum Gasteiger partial charge on any atom is 0.302 e. The molecule has 1 aromatic carbocycles. The molecule has 0 aliphatic heterocycles. The predicted molar refractivity (Wildman–Crippen MR) is 126 cm³/mol. The van der Waals surface area contributed by atoms with E-state index in [0.717, 1.165) is 31.2 Å². The first-order chi connectivity index (χ1) is 16.4. The first kappa shape index (κ1) is 21.6. The first-order valence-corrected chi connectivity index (χ1v) is 11.0. The van der Waals surface area contributed by atoms with Gasteiger partial charge in [-0.25, -0.2) is 14.6 Å². The molecule has 2 amide bonds. The van der Waals surface area contributed by atoms with Crippen molar-refractivity contribution in [2.75, 3.05) is 11.1 Å². The lowest BCUT2D eigenvalue weighted by Gasteiger charge is -2.29. The fourth-order valence-electron chi connectivity index (χ4n) is 4.38. The van der Waals surface area contributed by atoms with E-state index in [4.69, 9.17) is 10.2 Å². The molecular formula is C23H24N8O3. The number of hydrogen-bond acceptors (Lipinski definition) is 8. The normalized spacial score (nSPS) is 18.1. The van der Waals surface area contributed by atoms with E-state index < -0.39 is 5.91 Å². The van der Waals surface area contributed by atoms with E-state index in [1.54, 1.807) is 10.7 Å². The van der Waals surface area contributed by atoms with Gasteiger partial charge in [-0.1, -0.05) is 12.6 Å². The molecule has 1 saturated carbocycles. The molecule has 0 spiro atoms. The summed E-state index contributed by atoms with van der Waals surface area (Å²) in [6.45, 7) is 5.45. The van der Waals surface area contributed by atoms with Gasteiger partial charge < -0.3 is 15.5 Å². The Morgan fingerprint density at radius 2 is 2.03 bits per heavy atom. The number of aryl methyl sites for hydroxylation is 1. The Morgan fingerprint density at radius 3 is 2.79 bits per heavy atom. The lowest BCUT2D eigenvalue weighted by atomic mass is 9.91. The number of fused-ring (bicyclic) bond motifs is 2. The smallest absolute Gasteiger partial charge is 0.302 e. The summed E-state index contributed by atoms with van der Waals surface area (Å²) in [6.07, 6.45) is 5.70. The Balaban J connectivity index is 1.42. The molecule has 3 heterocycles. The maximum absolute atomic E-state index is 13.2. The Morgan fingerprint density at radius 1 is 1.24 bits per heavy atom. The van der Waals surface area contributed by atoms with Crippen molar-refractivity contribution in [2.24, 2.45) is 0 Å². The third kappa shape index (κ3) is 3.96. The molecule has 4 N–H and O–H groups in total. The summed E-state index contributed by atoms with van der Waals surface area (Å²) in [5, 5.41) is 10.6. The van der Waals surface area contributed by atoms with Crippen LogP contribution in [0.4, 0.5) is 11.8 Å². The fourth-order valence-corrected chi connectivity index (χ4v) is 4.38. The number of nitrogens with one attached hydrogen (secondary N) is 2. The number of oxazole rings is 1. The lowest BCUT2D eigenvalue weighted by molar-refractivity contribution is -0.117. The summed E-state index contributed by atoms with van der Waals surface area (Å²) in [4.78, 5) is 37.5. The topological polar surface area (TPSA) is 154 Å². The minimum absolute atomic E-state index is 0.00235. The fraction of sp³-hybridized carbons (Fsp3) is 0.304. The van der Waals surface area contributed by atoms with E-state index in [1.807, 2.05) is 19.1 Å². The van der Waals surface area contributed by atoms with E-state index in [1.165, 1.54) is 12.4 Å². The zero-order valence-electron chi connectivity index (χ0n) is 18.6. The van der Waals surface area contributed by atoms with Crippen LogP contribution >= 0.6 is 0 Å². The number of nitrogens with two attached hydrogens (primary N) is 1. The van der Waals surface area contributed by atoms with Gasteiger partial charge in [-0.05, 0) is 56.4 Å². The molecule has 3 aromatic heterocycles. The molecule has 0 unspecified atom stereocenters. The molecule has 1 aliphatic rings. The van der Waals surface area contributed by atoms with Crippen molar-refractivity contribution in [3.05, 3.63) is 48.4 Å². The van der Waals surface area contributed by atoms with Gasteiger partial charge in [-0.15, -0.1) is 0 Å². The van der Waals surface area contributed by atoms with Crippen LogP contribution in [-0.2, 0) is 4.79 Å². The second-order valence-corrected chi connectivity index (χ2v) is 8.41. The number of anilines is 2. The number of carbonyl (C=O) groups is 2. The Labute approximate surface area is 194 Å². The van der Waals surface area contributed by atoms with Crippen molar-refractivity contribution in [3.63, 3.8) is 0 Å². The zero-order chi connectivity index (χ0) is 23.8. The number of carbonyl (C=O) groups excluding carboxylic acids is 2. The number of aromatic nitrogens is 5. The van der Waals surface area contributed by atoms with Gasteiger partial charge in [0, 0.05) is 6.04 Å². The maximum atomic E-state index is 13.2. The third-order valence-corrected chi connectivity index (χ3v) is 6.07. The molecule has 0 saturated heterocycles. The van der Waals surface area contributed by atoms with Gasteiger partial charge in [-0.3, -0.25) is 14.9 Å². The molecule has 0 atom stereocenters. The van der Waals surface area contributed by atoms with Gasteiger partial charge in [0.05, 0.1) is 11.4 Å². The summed E-state index contributed by atoms with van der Waals surface area (Å²) in [6, 6.07) is 5.73. The molecule has 1 aliphatic carbocycles. The van der Waals surface area contributed by atoms with Crippen LogP contribution < -0.4 is 16.4 Å². The highest BCUT2D eigenvalue weighted by molar-refractivity contribution is 6.12. The number of amides is 2. The van der Waals surface area contributed by atoms with Gasteiger partial charge in [0.15, 0.2) is 16.9 Å². The van der Waals surface area contributed by atoms with Gasteiger partial charge >= 0.3 is 6.01 Å². The quantitative estimate of drug-likeness (QED) is 0.384. The van der Waals surface area contributed by atoms with Crippen LogP contribution in [-0.4, -0.2) is 42.6 Å². The average molecular weight is 460 g/mol. The van der Waals surface area contributed by atoms with Crippen LogP contribution in [0.2, 0.25) is 0 Å². The third-order valence-electron chi connectivity index (χ3n) is 6.07. The van der Waals surface area contributed by atoms with E-state index >= 15 is 0 Å². The molecule has 5 rings (SSSR count). The number of rotatable bonds is 5. The van der Waals surface area contributed by atoms with E-state index in [-0.39, 0.29) is 35.5 Å². The number of benzene rings is 1. The van der Waals surface area contributed by atoms with Crippen molar-refractivity contribution >= 4 is 45.8 Å². The van der Waals surface area contributed by atoms with Crippen molar-refractivity contribution in [1.82, 2.24) is 30.0 Å².